The average Bonchev–Trinajstić information content (AvgIpc) is 2.88. The fraction of sp³-hybridized carbons (Fsp3) is 0.500. The Bertz CT molecular complexity index is 512. The summed E-state index contributed by atoms with van der Waals surface area (Å²) in [6.45, 7) is 6.86. The summed E-state index contributed by atoms with van der Waals surface area (Å²) >= 11 is 5.92. The molecular formula is C16H22ClN3. The zero-order valence-corrected chi connectivity index (χ0v) is 13.1. The second-order valence-corrected chi connectivity index (χ2v) is 6.80. The maximum absolute atomic E-state index is 5.92. The van der Waals surface area contributed by atoms with E-state index in [1.54, 1.807) is 6.33 Å². The van der Waals surface area contributed by atoms with E-state index in [1.807, 2.05) is 12.1 Å². The van der Waals surface area contributed by atoms with Crippen molar-refractivity contribution < 1.29 is 0 Å². The minimum atomic E-state index is 0.249. The van der Waals surface area contributed by atoms with E-state index < -0.39 is 0 Å². The summed E-state index contributed by atoms with van der Waals surface area (Å²) in [5.41, 5.74) is 1.58. The Morgan fingerprint density at radius 3 is 2.45 bits per heavy atom. The third-order valence-electron chi connectivity index (χ3n) is 3.82. The Labute approximate surface area is 125 Å². The molecule has 1 atom stereocenters. The molecule has 108 valence electrons. The molecule has 0 fully saturated rings. The number of H-pyrrole nitrogens is 1. The van der Waals surface area contributed by atoms with Gasteiger partial charge >= 0.3 is 0 Å². The van der Waals surface area contributed by atoms with E-state index in [0.717, 1.165) is 30.1 Å². The largest absolute Gasteiger partial charge is 0.263 e. The number of halogens is 1. The summed E-state index contributed by atoms with van der Waals surface area (Å²) in [5, 5.41) is 7.70. The van der Waals surface area contributed by atoms with Gasteiger partial charge in [0.05, 0.1) is 0 Å². The van der Waals surface area contributed by atoms with Crippen LogP contribution in [0.15, 0.2) is 30.6 Å². The summed E-state index contributed by atoms with van der Waals surface area (Å²) in [7, 11) is 0. The van der Waals surface area contributed by atoms with E-state index in [1.165, 1.54) is 5.56 Å². The lowest BCUT2D eigenvalue weighted by atomic mass is 9.75. The highest BCUT2D eigenvalue weighted by atomic mass is 35.5. The predicted molar refractivity (Wildman–Crippen MR) is 82.8 cm³/mol. The molecule has 1 aromatic heterocycles. The van der Waals surface area contributed by atoms with Crippen LogP contribution in [0.1, 0.15) is 38.6 Å². The highest BCUT2D eigenvalue weighted by molar-refractivity contribution is 6.30. The van der Waals surface area contributed by atoms with Crippen molar-refractivity contribution in [2.75, 3.05) is 0 Å². The first-order valence-electron chi connectivity index (χ1n) is 7.04. The van der Waals surface area contributed by atoms with Crippen LogP contribution in [0.2, 0.25) is 5.02 Å². The molecule has 2 aromatic rings. The van der Waals surface area contributed by atoms with Crippen LogP contribution < -0.4 is 0 Å². The molecular weight excluding hydrogens is 270 g/mol. The van der Waals surface area contributed by atoms with Gasteiger partial charge in [0.15, 0.2) is 0 Å². The number of benzene rings is 1. The van der Waals surface area contributed by atoms with Crippen LogP contribution in [0.5, 0.6) is 0 Å². The number of aryl methyl sites for hydroxylation is 1. The molecule has 0 aliphatic heterocycles. The van der Waals surface area contributed by atoms with Crippen LogP contribution in [0.4, 0.5) is 0 Å². The van der Waals surface area contributed by atoms with Gasteiger partial charge in [0.1, 0.15) is 12.2 Å². The maximum atomic E-state index is 5.92. The summed E-state index contributed by atoms with van der Waals surface area (Å²) in [5.74, 6) is 1.53. The topological polar surface area (TPSA) is 41.6 Å². The quantitative estimate of drug-likeness (QED) is 0.892. The molecule has 0 spiro atoms. The molecule has 20 heavy (non-hydrogen) atoms. The van der Waals surface area contributed by atoms with Crippen molar-refractivity contribution in [2.24, 2.45) is 11.3 Å². The van der Waals surface area contributed by atoms with Gasteiger partial charge in [0.25, 0.3) is 0 Å². The molecule has 0 bridgehead atoms. The fourth-order valence-corrected chi connectivity index (χ4v) is 2.52. The van der Waals surface area contributed by atoms with E-state index in [2.05, 4.69) is 48.1 Å². The number of nitrogens with zero attached hydrogens (tertiary/aromatic N) is 2. The predicted octanol–water partition coefficient (Wildman–Crippen LogP) is 4.30. The third kappa shape index (κ3) is 4.34. The Morgan fingerprint density at radius 2 is 1.90 bits per heavy atom. The fourth-order valence-electron chi connectivity index (χ4n) is 2.40. The Balaban J connectivity index is 1.99. The normalized spacial score (nSPS) is 13.4. The van der Waals surface area contributed by atoms with Crippen molar-refractivity contribution >= 4 is 11.6 Å². The molecule has 1 heterocycles. The molecule has 0 aliphatic rings. The number of rotatable bonds is 5. The Morgan fingerprint density at radius 1 is 1.20 bits per heavy atom. The highest BCUT2D eigenvalue weighted by Gasteiger charge is 2.25. The molecule has 0 aliphatic carbocycles. The summed E-state index contributed by atoms with van der Waals surface area (Å²) in [4.78, 5) is 4.25. The standard InChI is InChI=1S/C16H22ClN3/c1-16(2,3)13(10-15-18-11-19-20-15)7-4-12-5-8-14(17)9-6-12/h5-6,8-9,11,13H,4,7,10H2,1-3H3,(H,18,19,20). The van der Waals surface area contributed by atoms with Crippen molar-refractivity contribution in [2.45, 2.75) is 40.0 Å². The van der Waals surface area contributed by atoms with Crippen molar-refractivity contribution in [3.05, 3.63) is 47.0 Å². The molecule has 1 N–H and O–H groups in total. The van der Waals surface area contributed by atoms with E-state index in [4.69, 9.17) is 11.6 Å². The van der Waals surface area contributed by atoms with E-state index >= 15 is 0 Å². The summed E-state index contributed by atoms with van der Waals surface area (Å²) in [6.07, 6.45) is 4.71. The Hall–Kier alpha value is -1.35. The van der Waals surface area contributed by atoms with Gasteiger partial charge < -0.3 is 0 Å². The second-order valence-electron chi connectivity index (χ2n) is 6.36. The number of hydrogen-bond donors (Lipinski definition) is 1. The summed E-state index contributed by atoms with van der Waals surface area (Å²) < 4.78 is 0. The van der Waals surface area contributed by atoms with Gasteiger partial charge in [-0.2, -0.15) is 5.10 Å². The second kappa shape index (κ2) is 6.40. The van der Waals surface area contributed by atoms with Gasteiger partial charge in [-0.3, -0.25) is 5.10 Å². The molecule has 2 rings (SSSR count). The van der Waals surface area contributed by atoms with E-state index in [-0.39, 0.29) is 5.41 Å². The van der Waals surface area contributed by atoms with Crippen molar-refractivity contribution in [3.63, 3.8) is 0 Å². The number of aromatic nitrogens is 3. The van der Waals surface area contributed by atoms with Gasteiger partial charge in [-0.1, -0.05) is 44.5 Å². The van der Waals surface area contributed by atoms with E-state index in [9.17, 15) is 0 Å². The average molecular weight is 292 g/mol. The molecule has 1 aromatic carbocycles. The van der Waals surface area contributed by atoms with Crippen LogP contribution in [0.25, 0.3) is 0 Å². The molecule has 0 saturated carbocycles. The first-order valence-corrected chi connectivity index (χ1v) is 7.41. The van der Waals surface area contributed by atoms with Crippen LogP contribution in [-0.2, 0) is 12.8 Å². The monoisotopic (exact) mass is 291 g/mol. The smallest absolute Gasteiger partial charge is 0.137 e. The minimum absolute atomic E-state index is 0.249. The SMILES string of the molecule is CC(C)(C)C(CCc1ccc(Cl)cc1)Cc1ncn[nH]1. The zero-order valence-electron chi connectivity index (χ0n) is 12.4. The lowest BCUT2D eigenvalue weighted by Gasteiger charge is -2.30. The molecule has 0 radical (unpaired) electrons. The highest BCUT2D eigenvalue weighted by Crippen LogP contribution is 2.32. The molecule has 1 unspecified atom stereocenters. The molecule has 0 saturated heterocycles. The van der Waals surface area contributed by atoms with Crippen molar-refractivity contribution in [1.82, 2.24) is 15.2 Å². The number of nitrogens with one attached hydrogen (secondary N) is 1. The molecule has 3 nitrogen and oxygen atoms in total. The molecule has 0 amide bonds. The van der Waals surface area contributed by atoms with Crippen molar-refractivity contribution in [3.8, 4) is 0 Å². The lowest BCUT2D eigenvalue weighted by Crippen LogP contribution is -2.24. The first kappa shape index (κ1) is 15.0. The number of hydrogen-bond acceptors (Lipinski definition) is 2. The van der Waals surface area contributed by atoms with Crippen LogP contribution in [-0.4, -0.2) is 15.2 Å². The van der Waals surface area contributed by atoms with Gasteiger partial charge in [-0.05, 0) is 41.9 Å². The maximum Gasteiger partial charge on any atom is 0.137 e. The molecule has 4 heteroatoms. The van der Waals surface area contributed by atoms with Gasteiger partial charge in [0.2, 0.25) is 0 Å². The van der Waals surface area contributed by atoms with Crippen LogP contribution >= 0.6 is 11.6 Å². The van der Waals surface area contributed by atoms with Gasteiger partial charge in [0, 0.05) is 11.4 Å². The van der Waals surface area contributed by atoms with E-state index in [0.29, 0.717) is 5.92 Å². The van der Waals surface area contributed by atoms with Crippen LogP contribution in [0.3, 0.4) is 0 Å². The first-order chi connectivity index (χ1) is 9.45. The van der Waals surface area contributed by atoms with Gasteiger partial charge in [-0.15, -0.1) is 0 Å². The van der Waals surface area contributed by atoms with Crippen LogP contribution in [0, 0.1) is 11.3 Å². The zero-order chi connectivity index (χ0) is 14.6. The number of aromatic amines is 1. The third-order valence-corrected chi connectivity index (χ3v) is 4.08. The minimum Gasteiger partial charge on any atom is -0.263 e. The lowest BCUT2D eigenvalue weighted by molar-refractivity contribution is 0.221. The van der Waals surface area contributed by atoms with Crippen molar-refractivity contribution in [1.29, 1.82) is 0 Å². The Kier molecular flexibility index (Phi) is 4.81. The summed E-state index contributed by atoms with van der Waals surface area (Å²) in [6, 6.07) is 8.13. The van der Waals surface area contributed by atoms with Gasteiger partial charge in [-0.25, -0.2) is 4.98 Å².